The number of aromatic nitrogens is 2. The first-order valence-corrected chi connectivity index (χ1v) is 3.88. The summed E-state index contributed by atoms with van der Waals surface area (Å²) in [6, 6.07) is 0. The number of aryl methyl sites for hydroxylation is 1. The average Bonchev–Trinajstić information content (AvgIpc) is 2.02. The molecule has 1 rings (SSSR count). The predicted molar refractivity (Wildman–Crippen MR) is 48.3 cm³/mol. The van der Waals surface area contributed by atoms with Crippen molar-refractivity contribution in [3.05, 3.63) is 26.4 Å². The summed E-state index contributed by atoms with van der Waals surface area (Å²) in [6.07, 6.45) is 0. The zero-order chi connectivity index (χ0) is 10.0. The lowest BCUT2D eigenvalue weighted by Crippen LogP contribution is -2.21. The molecular weight excluding hydrogens is 192 g/mol. The number of carbonyl (C=O) groups excluding carboxylic acids is 1. The Morgan fingerprint density at radius 2 is 2.08 bits per heavy atom. The summed E-state index contributed by atoms with van der Waals surface area (Å²) in [7, 11) is 1.21. The molecule has 6 heteroatoms. The van der Waals surface area contributed by atoms with Gasteiger partial charge in [0.25, 0.3) is 5.56 Å². The highest BCUT2D eigenvalue weighted by Crippen LogP contribution is 1.98. The van der Waals surface area contributed by atoms with Gasteiger partial charge in [-0.25, -0.2) is 4.79 Å². The van der Waals surface area contributed by atoms with E-state index in [4.69, 9.17) is 12.2 Å². The predicted octanol–water partition coefficient (Wildman–Crippen LogP) is 0.528. The number of hydrogen-bond acceptors (Lipinski definition) is 4. The van der Waals surface area contributed by atoms with Crippen LogP contribution in [0, 0.1) is 11.7 Å². The van der Waals surface area contributed by atoms with Crippen LogP contribution in [0.5, 0.6) is 0 Å². The van der Waals surface area contributed by atoms with Gasteiger partial charge in [0, 0.05) is 5.69 Å². The number of hydrogen-bond donors (Lipinski definition) is 2. The highest BCUT2D eigenvalue weighted by atomic mass is 32.1. The number of rotatable bonds is 1. The van der Waals surface area contributed by atoms with Crippen molar-refractivity contribution in [2.75, 3.05) is 7.11 Å². The van der Waals surface area contributed by atoms with Gasteiger partial charge in [0.15, 0.2) is 4.77 Å². The largest absolute Gasteiger partial charge is 0.465 e. The van der Waals surface area contributed by atoms with E-state index in [-0.39, 0.29) is 10.3 Å². The molecule has 0 saturated carbocycles. The quantitative estimate of drug-likeness (QED) is 0.512. The van der Waals surface area contributed by atoms with Gasteiger partial charge in [0.05, 0.1) is 7.11 Å². The number of ether oxygens (including phenoxy) is 1. The second-order valence-electron chi connectivity index (χ2n) is 2.40. The van der Waals surface area contributed by atoms with Gasteiger partial charge in [-0.1, -0.05) is 0 Å². The molecule has 13 heavy (non-hydrogen) atoms. The van der Waals surface area contributed by atoms with Crippen LogP contribution in [0.1, 0.15) is 16.1 Å². The van der Waals surface area contributed by atoms with E-state index in [0.717, 1.165) is 0 Å². The summed E-state index contributed by atoms with van der Waals surface area (Å²) >= 11 is 4.71. The molecule has 0 radical (unpaired) electrons. The van der Waals surface area contributed by atoms with Gasteiger partial charge in [-0.05, 0) is 19.1 Å². The maximum atomic E-state index is 11.2. The molecule has 0 bridgehead atoms. The van der Waals surface area contributed by atoms with Crippen LogP contribution in [0.25, 0.3) is 0 Å². The lowest BCUT2D eigenvalue weighted by atomic mass is 10.2. The molecule has 70 valence electrons. The van der Waals surface area contributed by atoms with Gasteiger partial charge in [-0.3, -0.25) is 9.78 Å². The van der Waals surface area contributed by atoms with Crippen LogP contribution in [0.15, 0.2) is 4.79 Å². The van der Waals surface area contributed by atoms with Crippen molar-refractivity contribution in [3.63, 3.8) is 0 Å². The molecule has 5 nitrogen and oxygen atoms in total. The third-order valence-corrected chi connectivity index (χ3v) is 1.72. The van der Waals surface area contributed by atoms with E-state index in [1.807, 2.05) is 0 Å². The molecule has 0 aliphatic rings. The van der Waals surface area contributed by atoms with E-state index < -0.39 is 11.5 Å². The highest BCUT2D eigenvalue weighted by Gasteiger charge is 2.13. The molecule has 0 atom stereocenters. The van der Waals surface area contributed by atoms with Gasteiger partial charge in [0.1, 0.15) is 5.56 Å². The molecular formula is C7H8N2O3S. The second-order valence-corrected chi connectivity index (χ2v) is 2.81. The van der Waals surface area contributed by atoms with E-state index in [2.05, 4.69) is 14.7 Å². The number of carbonyl (C=O) groups is 1. The fourth-order valence-corrected chi connectivity index (χ4v) is 1.19. The minimum absolute atomic E-state index is 0.0453. The molecule has 1 aromatic rings. The first-order valence-electron chi connectivity index (χ1n) is 3.47. The third-order valence-electron chi connectivity index (χ3n) is 1.52. The molecule has 0 fully saturated rings. The lowest BCUT2D eigenvalue weighted by molar-refractivity contribution is 0.0597. The summed E-state index contributed by atoms with van der Waals surface area (Å²) in [6.45, 7) is 1.58. The number of aromatic amines is 2. The first-order chi connectivity index (χ1) is 6.06. The zero-order valence-corrected chi connectivity index (χ0v) is 7.95. The molecule has 0 spiro atoms. The normalized spacial score (nSPS) is 9.69. The van der Waals surface area contributed by atoms with E-state index >= 15 is 0 Å². The van der Waals surface area contributed by atoms with E-state index in [1.54, 1.807) is 6.92 Å². The van der Waals surface area contributed by atoms with Crippen LogP contribution in [-0.2, 0) is 4.74 Å². The molecule has 0 saturated heterocycles. The van der Waals surface area contributed by atoms with Crippen LogP contribution < -0.4 is 5.56 Å². The number of H-pyrrole nitrogens is 2. The SMILES string of the molecule is COC(=O)c1c(C)[nH]c(=S)[nH]c1=O. The summed E-state index contributed by atoms with van der Waals surface area (Å²) in [5, 5.41) is 0. The second kappa shape index (κ2) is 3.53. The van der Waals surface area contributed by atoms with Crippen LogP contribution in [-0.4, -0.2) is 23.0 Å². The van der Waals surface area contributed by atoms with Gasteiger partial charge >= 0.3 is 5.97 Å². The Kier molecular flexibility index (Phi) is 2.62. The Balaban J connectivity index is 3.46. The van der Waals surface area contributed by atoms with E-state index in [0.29, 0.717) is 5.69 Å². The number of nitrogens with one attached hydrogen (secondary N) is 2. The van der Waals surface area contributed by atoms with Crippen LogP contribution in [0.2, 0.25) is 0 Å². The smallest absolute Gasteiger partial charge is 0.345 e. The number of methoxy groups -OCH3 is 1. The highest BCUT2D eigenvalue weighted by molar-refractivity contribution is 7.71. The summed E-state index contributed by atoms with van der Waals surface area (Å²) in [5.74, 6) is -0.676. The van der Waals surface area contributed by atoms with Crippen molar-refractivity contribution in [1.82, 2.24) is 9.97 Å². The van der Waals surface area contributed by atoms with E-state index in [9.17, 15) is 9.59 Å². The molecule has 0 amide bonds. The molecule has 0 unspecified atom stereocenters. The maximum Gasteiger partial charge on any atom is 0.345 e. The van der Waals surface area contributed by atoms with Crippen molar-refractivity contribution >= 4 is 18.2 Å². The van der Waals surface area contributed by atoms with Gasteiger partial charge < -0.3 is 9.72 Å². The topological polar surface area (TPSA) is 75.0 Å². The lowest BCUT2D eigenvalue weighted by Gasteiger charge is -2.01. The summed E-state index contributed by atoms with van der Waals surface area (Å²) in [5.41, 5.74) is -0.176. The monoisotopic (exact) mass is 200 g/mol. The summed E-state index contributed by atoms with van der Waals surface area (Å²) < 4.78 is 4.61. The summed E-state index contributed by atoms with van der Waals surface area (Å²) in [4.78, 5) is 27.2. The molecule has 0 aliphatic heterocycles. The van der Waals surface area contributed by atoms with Gasteiger partial charge in [-0.2, -0.15) is 0 Å². The average molecular weight is 200 g/mol. The van der Waals surface area contributed by atoms with Crippen molar-refractivity contribution in [3.8, 4) is 0 Å². The third kappa shape index (κ3) is 1.83. The molecule has 1 aromatic heterocycles. The Hall–Kier alpha value is -1.43. The van der Waals surface area contributed by atoms with Crippen LogP contribution in [0.4, 0.5) is 0 Å². The van der Waals surface area contributed by atoms with Gasteiger partial charge in [0.2, 0.25) is 0 Å². The minimum Gasteiger partial charge on any atom is -0.465 e. The Labute approximate surface area is 78.8 Å². The Bertz CT molecular complexity index is 446. The number of esters is 1. The molecule has 0 aromatic carbocycles. The fraction of sp³-hybridized carbons (Fsp3) is 0.286. The maximum absolute atomic E-state index is 11.2. The standard InChI is InChI=1S/C7H8N2O3S/c1-3-4(6(11)12-2)5(10)9-7(13)8-3/h1-2H3,(H2,8,9,10,13). The first kappa shape index (κ1) is 9.66. The molecule has 1 heterocycles. The van der Waals surface area contributed by atoms with Crippen molar-refractivity contribution in [1.29, 1.82) is 0 Å². The molecule has 0 aliphatic carbocycles. The Morgan fingerprint density at radius 1 is 1.46 bits per heavy atom. The van der Waals surface area contributed by atoms with E-state index in [1.165, 1.54) is 7.11 Å². The Morgan fingerprint density at radius 3 is 2.54 bits per heavy atom. The van der Waals surface area contributed by atoms with Crippen LogP contribution in [0.3, 0.4) is 0 Å². The van der Waals surface area contributed by atoms with Crippen molar-refractivity contribution < 1.29 is 9.53 Å². The van der Waals surface area contributed by atoms with Crippen LogP contribution >= 0.6 is 12.2 Å². The van der Waals surface area contributed by atoms with Gasteiger partial charge in [-0.15, -0.1) is 0 Å². The minimum atomic E-state index is -0.676. The molecule has 2 N–H and O–H groups in total. The van der Waals surface area contributed by atoms with Crippen molar-refractivity contribution in [2.24, 2.45) is 0 Å². The zero-order valence-electron chi connectivity index (χ0n) is 7.13. The fourth-order valence-electron chi connectivity index (χ4n) is 0.948. The van der Waals surface area contributed by atoms with Crippen molar-refractivity contribution in [2.45, 2.75) is 6.92 Å².